The summed E-state index contributed by atoms with van der Waals surface area (Å²) >= 11 is 0. The molecule has 1 saturated carbocycles. The third-order valence-electron chi connectivity index (χ3n) is 5.03. The van der Waals surface area contributed by atoms with Crippen molar-refractivity contribution in [1.29, 1.82) is 0 Å². The van der Waals surface area contributed by atoms with Crippen molar-refractivity contribution in [2.75, 3.05) is 6.61 Å². The minimum Gasteiger partial charge on any atom is -0.466 e. The summed E-state index contributed by atoms with van der Waals surface area (Å²) in [6.07, 6.45) is 11.7. The highest BCUT2D eigenvalue weighted by atomic mass is 16.5. The van der Waals surface area contributed by atoms with Gasteiger partial charge in [-0.3, -0.25) is 4.79 Å². The van der Waals surface area contributed by atoms with Gasteiger partial charge in [0.2, 0.25) is 0 Å². The molecule has 4 nitrogen and oxygen atoms in total. The Morgan fingerprint density at radius 1 is 1.30 bits per heavy atom. The van der Waals surface area contributed by atoms with E-state index in [1.165, 1.54) is 18.4 Å². The normalized spacial score (nSPS) is 20.7. The van der Waals surface area contributed by atoms with Crippen molar-refractivity contribution >= 4 is 5.97 Å². The van der Waals surface area contributed by atoms with Crippen molar-refractivity contribution in [2.24, 2.45) is 11.8 Å². The van der Waals surface area contributed by atoms with Crippen molar-refractivity contribution < 1.29 is 19.7 Å². The molecule has 1 fully saturated rings. The summed E-state index contributed by atoms with van der Waals surface area (Å²) < 4.78 is 4.83. The summed E-state index contributed by atoms with van der Waals surface area (Å²) in [5, 5.41) is 19.7. The zero-order chi connectivity index (χ0) is 22.2. The maximum atomic E-state index is 11.2. The van der Waals surface area contributed by atoms with Crippen LogP contribution in [0, 0.1) is 35.5 Å². The summed E-state index contributed by atoms with van der Waals surface area (Å²) in [4.78, 5) is 11.2. The van der Waals surface area contributed by atoms with Crippen LogP contribution in [0.1, 0.15) is 65.2 Å². The first-order valence-electron chi connectivity index (χ1n) is 10.9. The minimum atomic E-state index is -0.766. The van der Waals surface area contributed by atoms with Gasteiger partial charge in [0.15, 0.2) is 0 Å². The molecule has 1 aliphatic carbocycles. The van der Waals surface area contributed by atoms with Gasteiger partial charge in [0.05, 0.1) is 12.7 Å². The van der Waals surface area contributed by atoms with E-state index >= 15 is 0 Å². The molecule has 0 heterocycles. The predicted octanol–water partition coefficient (Wildman–Crippen LogP) is 4.33. The van der Waals surface area contributed by atoms with E-state index in [1.807, 2.05) is 0 Å². The number of hydrogen-bond acceptors (Lipinski definition) is 4. The number of ether oxygens (including phenoxy) is 1. The first-order valence-corrected chi connectivity index (χ1v) is 10.9. The van der Waals surface area contributed by atoms with E-state index in [0.717, 1.165) is 12.8 Å². The maximum Gasteiger partial charge on any atom is 0.305 e. The molecule has 0 saturated heterocycles. The summed E-state index contributed by atoms with van der Waals surface area (Å²) in [6.45, 7) is 8.30. The molecule has 164 valence electrons. The molecule has 0 aromatic rings. The number of carbonyl (C=O) groups excluding carboxylic acids is 1. The number of carbonyl (C=O) groups is 1. The van der Waals surface area contributed by atoms with E-state index in [0.29, 0.717) is 44.1 Å². The lowest BCUT2D eigenvalue weighted by atomic mass is 9.79. The van der Waals surface area contributed by atoms with Crippen LogP contribution in [0.4, 0.5) is 0 Å². The second kappa shape index (κ2) is 15.6. The molecule has 0 aromatic heterocycles. The van der Waals surface area contributed by atoms with Gasteiger partial charge in [-0.1, -0.05) is 60.5 Å². The molecule has 4 unspecified atom stereocenters. The molecule has 30 heavy (non-hydrogen) atoms. The number of aliphatic hydroxyl groups is 2. The highest BCUT2D eigenvalue weighted by molar-refractivity contribution is 5.69. The summed E-state index contributed by atoms with van der Waals surface area (Å²) in [6, 6.07) is 0. The van der Waals surface area contributed by atoms with Crippen LogP contribution in [0.15, 0.2) is 36.5 Å². The summed E-state index contributed by atoms with van der Waals surface area (Å²) in [7, 11) is 0. The standard InChI is InChI=1S/C26H36O4/c1-4-30-26(29)19-11-18-25(28)16-8-6-5-7-15-24(27)17-10-13-22-12-9-14-23(20-22)21(2)3/h5-7,15,22-25,27-28H,2,4,9,11-12,14,17-20H2,1,3H3. The lowest BCUT2D eigenvalue weighted by Crippen LogP contribution is -2.15. The zero-order valence-corrected chi connectivity index (χ0v) is 18.4. The van der Waals surface area contributed by atoms with Gasteiger partial charge in [0, 0.05) is 18.8 Å². The number of rotatable bonds is 9. The van der Waals surface area contributed by atoms with Gasteiger partial charge in [0.1, 0.15) is 6.10 Å². The van der Waals surface area contributed by atoms with Crippen LogP contribution >= 0.6 is 0 Å². The van der Waals surface area contributed by atoms with Crippen LogP contribution in [0.5, 0.6) is 0 Å². The summed E-state index contributed by atoms with van der Waals surface area (Å²) in [5.41, 5.74) is 1.25. The Morgan fingerprint density at radius 3 is 2.83 bits per heavy atom. The van der Waals surface area contributed by atoms with Gasteiger partial charge >= 0.3 is 5.97 Å². The fourth-order valence-corrected chi connectivity index (χ4v) is 3.33. The molecule has 0 aromatic carbocycles. The fourth-order valence-electron chi connectivity index (χ4n) is 3.33. The smallest absolute Gasteiger partial charge is 0.305 e. The lowest BCUT2D eigenvalue weighted by Gasteiger charge is -2.26. The van der Waals surface area contributed by atoms with Gasteiger partial charge in [0.25, 0.3) is 0 Å². The van der Waals surface area contributed by atoms with Crippen LogP contribution in [-0.2, 0) is 9.53 Å². The molecule has 2 N–H and O–H groups in total. The minimum absolute atomic E-state index is 0.249. The average Bonchev–Trinajstić information content (AvgIpc) is 2.71. The first-order chi connectivity index (χ1) is 14.4. The Morgan fingerprint density at radius 2 is 2.10 bits per heavy atom. The number of aliphatic hydroxyl groups excluding tert-OH is 2. The van der Waals surface area contributed by atoms with E-state index in [2.05, 4.69) is 37.2 Å². The van der Waals surface area contributed by atoms with E-state index in [-0.39, 0.29) is 5.97 Å². The third kappa shape index (κ3) is 12.3. The second-order valence-electron chi connectivity index (χ2n) is 7.75. The van der Waals surface area contributed by atoms with Crippen LogP contribution in [-0.4, -0.2) is 35.0 Å². The van der Waals surface area contributed by atoms with Crippen LogP contribution < -0.4 is 0 Å². The van der Waals surface area contributed by atoms with Gasteiger partial charge in [-0.15, -0.1) is 0 Å². The molecular formula is C26H36O4. The Labute approximate surface area is 182 Å². The Balaban J connectivity index is 2.26. The van der Waals surface area contributed by atoms with Gasteiger partial charge in [-0.05, 0) is 57.9 Å². The highest BCUT2D eigenvalue weighted by Gasteiger charge is 2.20. The van der Waals surface area contributed by atoms with E-state index in [1.54, 1.807) is 31.2 Å². The van der Waals surface area contributed by atoms with Crippen molar-refractivity contribution in [3.8, 4) is 23.7 Å². The third-order valence-corrected chi connectivity index (χ3v) is 5.03. The van der Waals surface area contributed by atoms with Gasteiger partial charge in [-0.2, -0.15) is 0 Å². The van der Waals surface area contributed by atoms with Crippen molar-refractivity contribution in [2.45, 2.75) is 77.4 Å². The molecule has 1 aliphatic rings. The molecule has 4 atom stereocenters. The molecular weight excluding hydrogens is 376 g/mol. The van der Waals surface area contributed by atoms with E-state index in [4.69, 9.17) is 4.74 Å². The molecule has 0 amide bonds. The highest BCUT2D eigenvalue weighted by Crippen LogP contribution is 2.32. The number of hydrogen-bond donors (Lipinski definition) is 2. The van der Waals surface area contributed by atoms with Gasteiger partial charge in [-0.25, -0.2) is 0 Å². The van der Waals surface area contributed by atoms with Crippen molar-refractivity contribution in [1.82, 2.24) is 0 Å². The predicted molar refractivity (Wildman–Crippen MR) is 121 cm³/mol. The van der Waals surface area contributed by atoms with Crippen LogP contribution in [0.25, 0.3) is 0 Å². The molecule has 0 radical (unpaired) electrons. The zero-order valence-electron chi connectivity index (χ0n) is 18.4. The fraction of sp³-hybridized carbons (Fsp3) is 0.577. The quantitative estimate of drug-likeness (QED) is 0.256. The lowest BCUT2D eigenvalue weighted by molar-refractivity contribution is -0.143. The summed E-state index contributed by atoms with van der Waals surface area (Å²) in [5.74, 6) is 12.6. The average molecular weight is 413 g/mol. The Kier molecular flexibility index (Phi) is 13.4. The Hall–Kier alpha value is -2.27. The van der Waals surface area contributed by atoms with E-state index < -0.39 is 12.2 Å². The number of allylic oxidation sites excluding steroid dienone is 4. The first kappa shape index (κ1) is 25.8. The van der Waals surface area contributed by atoms with Crippen molar-refractivity contribution in [3.63, 3.8) is 0 Å². The Bertz CT molecular complexity index is 711. The maximum absolute atomic E-state index is 11.2. The van der Waals surface area contributed by atoms with Crippen molar-refractivity contribution in [3.05, 3.63) is 36.5 Å². The SMILES string of the molecule is C=C(C)C1CCCC(C#CCC(O)C=CC=CC#CC(O)CCCC(=O)OCC)C1. The molecule has 0 aliphatic heterocycles. The topological polar surface area (TPSA) is 66.8 Å². The van der Waals surface area contributed by atoms with Gasteiger partial charge < -0.3 is 14.9 Å². The van der Waals surface area contributed by atoms with E-state index in [9.17, 15) is 15.0 Å². The molecule has 0 bridgehead atoms. The molecule has 4 heteroatoms. The largest absolute Gasteiger partial charge is 0.466 e. The second-order valence-corrected chi connectivity index (χ2v) is 7.75. The molecule has 0 spiro atoms. The monoisotopic (exact) mass is 412 g/mol. The van der Waals surface area contributed by atoms with Crippen LogP contribution in [0.2, 0.25) is 0 Å². The number of esters is 1. The van der Waals surface area contributed by atoms with Crippen LogP contribution in [0.3, 0.4) is 0 Å². The molecule has 1 rings (SSSR count).